The van der Waals surface area contributed by atoms with Crippen molar-refractivity contribution in [2.75, 3.05) is 5.32 Å². The van der Waals surface area contributed by atoms with Crippen LogP contribution in [0.4, 0.5) is 14.5 Å². The molecule has 1 aliphatic heterocycles. The zero-order valence-corrected chi connectivity index (χ0v) is 26.6. The maximum absolute atomic E-state index is 16.0. The van der Waals surface area contributed by atoms with Crippen LogP contribution in [0.5, 0.6) is 0 Å². The summed E-state index contributed by atoms with van der Waals surface area (Å²) in [6.07, 6.45) is 1.55. The highest BCUT2D eigenvalue weighted by Gasteiger charge is 2.61. The predicted molar refractivity (Wildman–Crippen MR) is 171 cm³/mol. The first-order valence-electron chi connectivity index (χ1n) is 14.5. The van der Waals surface area contributed by atoms with E-state index in [1.165, 1.54) is 30.3 Å². The van der Waals surface area contributed by atoms with Crippen LogP contribution in [0.1, 0.15) is 69.6 Å². The van der Waals surface area contributed by atoms with Crippen molar-refractivity contribution in [3.05, 3.63) is 99.0 Å². The molecule has 3 aromatic carbocycles. The number of hydrogen-bond acceptors (Lipinski definition) is 4. The van der Waals surface area contributed by atoms with Gasteiger partial charge >= 0.3 is 5.97 Å². The van der Waals surface area contributed by atoms with Crippen LogP contribution in [0.3, 0.4) is 0 Å². The van der Waals surface area contributed by atoms with E-state index in [-0.39, 0.29) is 38.7 Å². The Kier molecular flexibility index (Phi) is 10.2. The van der Waals surface area contributed by atoms with E-state index < -0.39 is 46.9 Å². The number of benzene rings is 3. The summed E-state index contributed by atoms with van der Waals surface area (Å²) in [7, 11) is 0. The lowest BCUT2D eigenvalue weighted by Gasteiger charge is -2.42. The van der Waals surface area contributed by atoms with Gasteiger partial charge in [0.25, 0.3) is 0 Å². The van der Waals surface area contributed by atoms with Gasteiger partial charge in [0.1, 0.15) is 11.6 Å². The fourth-order valence-corrected chi connectivity index (χ4v) is 6.80. The summed E-state index contributed by atoms with van der Waals surface area (Å²) in [6, 6.07) is 14.1. The van der Waals surface area contributed by atoms with E-state index in [0.717, 1.165) is 5.56 Å². The van der Waals surface area contributed by atoms with Crippen LogP contribution >= 0.6 is 23.2 Å². The van der Waals surface area contributed by atoms with Crippen LogP contribution in [0.15, 0.2) is 60.7 Å². The third-order valence-electron chi connectivity index (χ3n) is 8.24. The Morgan fingerprint density at radius 3 is 2.34 bits per heavy atom. The van der Waals surface area contributed by atoms with E-state index in [2.05, 4.69) is 10.6 Å². The fourth-order valence-electron chi connectivity index (χ4n) is 6.46. The molecule has 0 spiro atoms. The highest BCUT2D eigenvalue weighted by Crippen LogP contribution is 2.53. The molecule has 44 heavy (non-hydrogen) atoms. The molecule has 0 bridgehead atoms. The van der Waals surface area contributed by atoms with Gasteiger partial charge in [0.15, 0.2) is 0 Å². The molecule has 10 heteroatoms. The average Bonchev–Trinajstić information content (AvgIpc) is 3.25. The Balaban J connectivity index is 1.84. The summed E-state index contributed by atoms with van der Waals surface area (Å²) in [5.41, 5.74) is -0.102. The number of anilines is 1. The molecule has 1 amide bonds. The first-order valence-corrected chi connectivity index (χ1v) is 15.2. The van der Waals surface area contributed by atoms with Crippen molar-refractivity contribution < 1.29 is 23.5 Å². The molecule has 1 heterocycles. The number of aliphatic carboxylic acids is 1. The van der Waals surface area contributed by atoms with Gasteiger partial charge in [-0.05, 0) is 73.1 Å². The summed E-state index contributed by atoms with van der Waals surface area (Å²) in [4.78, 5) is 25.0. The second kappa shape index (κ2) is 13.3. The topological polar surface area (TPSA) is 102 Å². The molecule has 0 radical (unpaired) electrons. The van der Waals surface area contributed by atoms with E-state index in [0.29, 0.717) is 24.9 Å². The van der Waals surface area contributed by atoms with Crippen molar-refractivity contribution in [3.63, 3.8) is 0 Å². The van der Waals surface area contributed by atoms with Gasteiger partial charge in [-0.3, -0.25) is 9.59 Å². The lowest BCUT2D eigenvalue weighted by Crippen LogP contribution is -2.50. The summed E-state index contributed by atoms with van der Waals surface area (Å²) in [6.45, 7) is 7.59. The number of nitrogens with one attached hydrogen (secondary N) is 3. The number of rotatable bonds is 10. The van der Waals surface area contributed by atoms with E-state index in [1.807, 2.05) is 32.9 Å². The summed E-state index contributed by atoms with van der Waals surface area (Å²) < 4.78 is 31.9. The van der Waals surface area contributed by atoms with E-state index in [4.69, 9.17) is 33.7 Å². The molecule has 1 fully saturated rings. The van der Waals surface area contributed by atoms with Crippen molar-refractivity contribution in [3.8, 4) is 0 Å². The lowest BCUT2D eigenvalue weighted by molar-refractivity contribution is -0.137. The minimum Gasteiger partial charge on any atom is -0.481 e. The maximum Gasteiger partial charge on any atom is 0.303 e. The molecule has 0 aromatic heterocycles. The quantitative estimate of drug-likeness (QED) is 0.167. The van der Waals surface area contributed by atoms with E-state index >= 15 is 8.78 Å². The molecular weight excluding hydrogens is 607 g/mol. The zero-order chi connectivity index (χ0) is 32.4. The average molecular weight is 645 g/mol. The Morgan fingerprint density at radius 1 is 1.07 bits per heavy atom. The fraction of sp³-hybridized carbons (Fsp3) is 0.382. The van der Waals surface area contributed by atoms with Gasteiger partial charge < -0.3 is 21.1 Å². The van der Waals surface area contributed by atoms with Crippen molar-refractivity contribution in [1.29, 1.82) is 5.41 Å². The molecule has 0 aliphatic carbocycles. The van der Waals surface area contributed by atoms with Crippen molar-refractivity contribution in [2.45, 2.75) is 76.8 Å². The number of carboxylic acid groups (broad SMARTS) is 1. The normalized spacial score (nSPS) is 21.7. The SMILES string of the molecule is CC(=N)[C@]1(c2ccc(Cl)cc2F)[C@H](CC(C)(C)C)N[C@@H](C(=O)Nc2ccc(CCCC(=O)O)cc2)[C@@H]1c1cccc(Cl)c1F. The van der Waals surface area contributed by atoms with Gasteiger partial charge in [-0.2, -0.15) is 0 Å². The highest BCUT2D eigenvalue weighted by atomic mass is 35.5. The molecule has 6 nitrogen and oxygen atoms in total. The molecule has 1 aliphatic rings. The monoisotopic (exact) mass is 643 g/mol. The number of hydrogen-bond donors (Lipinski definition) is 4. The number of amides is 1. The Morgan fingerprint density at radius 2 is 1.75 bits per heavy atom. The number of carboxylic acids is 1. The summed E-state index contributed by atoms with van der Waals surface area (Å²) in [5, 5.41) is 24.4. The van der Waals surface area contributed by atoms with Crippen LogP contribution in [0, 0.1) is 22.5 Å². The Hall–Kier alpha value is -3.33. The molecular formula is C34H37Cl2F2N3O3. The van der Waals surface area contributed by atoms with Gasteiger partial charge in [-0.25, -0.2) is 8.78 Å². The molecule has 3 aromatic rings. The van der Waals surface area contributed by atoms with Crippen LogP contribution in [-0.2, 0) is 21.4 Å². The predicted octanol–water partition coefficient (Wildman–Crippen LogP) is 8.16. The van der Waals surface area contributed by atoms with Crippen molar-refractivity contribution >= 4 is 46.5 Å². The third-order valence-corrected chi connectivity index (χ3v) is 8.77. The minimum atomic E-state index is -1.48. The van der Waals surface area contributed by atoms with Gasteiger partial charge in [-0.15, -0.1) is 0 Å². The van der Waals surface area contributed by atoms with Crippen LogP contribution in [0.25, 0.3) is 0 Å². The largest absolute Gasteiger partial charge is 0.481 e. The summed E-state index contributed by atoms with van der Waals surface area (Å²) in [5.74, 6) is -3.79. The number of halogens is 4. The first kappa shape index (κ1) is 33.6. The number of carbonyl (C=O) groups is 2. The molecule has 234 valence electrons. The van der Waals surface area contributed by atoms with Gasteiger partial charge in [0.05, 0.1) is 16.5 Å². The van der Waals surface area contributed by atoms with Crippen molar-refractivity contribution in [1.82, 2.24) is 5.32 Å². The first-order chi connectivity index (χ1) is 20.6. The molecule has 1 saturated heterocycles. The summed E-state index contributed by atoms with van der Waals surface area (Å²) >= 11 is 12.4. The van der Waals surface area contributed by atoms with Gasteiger partial charge in [0.2, 0.25) is 5.91 Å². The van der Waals surface area contributed by atoms with Crippen LogP contribution < -0.4 is 10.6 Å². The molecule has 0 unspecified atom stereocenters. The standard InChI is InChI=1S/C34H37Cl2F2N3O3/c1-19(39)34(24-16-13-21(35)17-26(24)37)27(18-33(2,3)4)41-31(29(34)23-8-6-9-25(36)30(23)38)32(44)40-22-14-11-20(12-15-22)7-5-10-28(42)43/h6,8-9,11-17,27,29,31,39,41H,5,7,10,18H2,1-4H3,(H,40,44)(H,42,43)/t27-,29-,31+,34-/m0/s1. The number of carbonyl (C=O) groups excluding carboxylic acids is 1. The Labute approximate surface area is 266 Å². The molecule has 4 rings (SSSR count). The van der Waals surface area contributed by atoms with Gasteiger partial charge in [-0.1, -0.05) is 74.3 Å². The van der Waals surface area contributed by atoms with Gasteiger partial charge in [0, 0.05) is 40.4 Å². The Bertz CT molecular complexity index is 1560. The molecule has 4 N–H and O–H groups in total. The number of aryl methyl sites for hydroxylation is 1. The second-order valence-electron chi connectivity index (χ2n) is 12.6. The maximum atomic E-state index is 16.0. The minimum absolute atomic E-state index is 0.0609. The second-order valence-corrected chi connectivity index (χ2v) is 13.5. The van der Waals surface area contributed by atoms with Crippen LogP contribution in [0.2, 0.25) is 10.0 Å². The highest BCUT2D eigenvalue weighted by molar-refractivity contribution is 6.31. The smallest absolute Gasteiger partial charge is 0.303 e. The molecule has 0 saturated carbocycles. The van der Waals surface area contributed by atoms with E-state index in [9.17, 15) is 9.59 Å². The van der Waals surface area contributed by atoms with Crippen molar-refractivity contribution in [2.24, 2.45) is 5.41 Å². The zero-order valence-electron chi connectivity index (χ0n) is 25.1. The van der Waals surface area contributed by atoms with Crippen LogP contribution in [-0.4, -0.2) is 34.8 Å². The third kappa shape index (κ3) is 6.98. The lowest BCUT2D eigenvalue weighted by atomic mass is 9.59. The molecule has 4 atom stereocenters. The van der Waals surface area contributed by atoms with E-state index in [1.54, 1.807) is 25.1 Å².